The smallest absolute Gasteiger partial charge is 0.414 e. The zero-order valence-electron chi connectivity index (χ0n) is 14.7. The first kappa shape index (κ1) is 17.9. The fourth-order valence-electron chi connectivity index (χ4n) is 2.72. The van der Waals surface area contributed by atoms with Crippen LogP contribution in [0.25, 0.3) is 0 Å². The van der Waals surface area contributed by atoms with Crippen molar-refractivity contribution in [1.29, 1.82) is 0 Å². The fraction of sp³-hybridized carbons (Fsp3) is 0.444. The molecule has 1 aliphatic rings. The van der Waals surface area contributed by atoms with Crippen LogP contribution in [0.2, 0.25) is 0 Å². The highest BCUT2D eigenvalue weighted by Gasteiger charge is 2.23. The van der Waals surface area contributed by atoms with Crippen molar-refractivity contribution in [2.24, 2.45) is 0 Å². The van der Waals surface area contributed by atoms with Crippen LogP contribution in [0, 0.1) is 0 Å². The highest BCUT2D eigenvalue weighted by atomic mass is 16.6. The molecule has 1 saturated heterocycles. The minimum Gasteiger partial charge on any atom is -0.447 e. The van der Waals surface area contributed by atoms with Gasteiger partial charge in [-0.1, -0.05) is 18.1 Å². The number of ether oxygens (including phenoxy) is 1. The van der Waals surface area contributed by atoms with Gasteiger partial charge < -0.3 is 14.6 Å². The first-order valence-corrected chi connectivity index (χ1v) is 8.81. The zero-order chi connectivity index (χ0) is 18.4. The molecule has 138 valence electrons. The van der Waals surface area contributed by atoms with E-state index < -0.39 is 0 Å². The maximum Gasteiger partial charge on any atom is 0.414 e. The monoisotopic (exact) mass is 358 g/mol. The van der Waals surface area contributed by atoms with E-state index in [0.29, 0.717) is 55.5 Å². The average Bonchev–Trinajstić information content (AvgIpc) is 3.24. The van der Waals surface area contributed by atoms with E-state index in [1.54, 1.807) is 23.1 Å². The van der Waals surface area contributed by atoms with E-state index in [-0.39, 0.29) is 12.0 Å². The van der Waals surface area contributed by atoms with E-state index >= 15 is 0 Å². The fourth-order valence-corrected chi connectivity index (χ4v) is 2.72. The van der Waals surface area contributed by atoms with Gasteiger partial charge in [-0.3, -0.25) is 9.69 Å². The largest absolute Gasteiger partial charge is 0.447 e. The number of aryl methyl sites for hydroxylation is 2. The van der Waals surface area contributed by atoms with Gasteiger partial charge in [0.05, 0.1) is 6.54 Å². The van der Waals surface area contributed by atoms with Crippen LogP contribution in [0.4, 0.5) is 16.2 Å². The van der Waals surface area contributed by atoms with E-state index in [4.69, 9.17) is 9.26 Å². The van der Waals surface area contributed by atoms with Gasteiger partial charge in [0.25, 0.3) is 0 Å². The summed E-state index contributed by atoms with van der Waals surface area (Å²) in [6.07, 6.45) is 2.94. The molecule has 0 unspecified atom stereocenters. The Morgan fingerprint density at radius 3 is 3.00 bits per heavy atom. The summed E-state index contributed by atoms with van der Waals surface area (Å²) in [5.41, 5.74) is 1.36. The second kappa shape index (κ2) is 8.46. The standard InChI is InChI=1S/C18H22N4O4/c1-2-5-15-20-17(26-21-15)9-4-8-16(23)19-13-6-3-7-14(12-13)22-10-11-25-18(22)24/h3,6-7,12H,2,4-5,8-11H2,1H3,(H,19,23). The summed E-state index contributed by atoms with van der Waals surface area (Å²) in [5, 5.41) is 6.74. The van der Waals surface area contributed by atoms with Crippen molar-refractivity contribution < 1.29 is 18.8 Å². The van der Waals surface area contributed by atoms with Gasteiger partial charge in [0.15, 0.2) is 5.82 Å². The highest BCUT2D eigenvalue weighted by molar-refractivity contribution is 5.93. The molecule has 26 heavy (non-hydrogen) atoms. The van der Waals surface area contributed by atoms with Crippen molar-refractivity contribution >= 4 is 23.4 Å². The summed E-state index contributed by atoms with van der Waals surface area (Å²) >= 11 is 0. The number of rotatable bonds is 8. The lowest BCUT2D eigenvalue weighted by Crippen LogP contribution is -2.23. The molecule has 0 atom stereocenters. The van der Waals surface area contributed by atoms with E-state index in [1.807, 2.05) is 6.07 Å². The Hall–Kier alpha value is -2.90. The Kier molecular flexibility index (Phi) is 5.83. The number of anilines is 2. The Labute approximate surface area is 151 Å². The van der Waals surface area contributed by atoms with Crippen LogP contribution >= 0.6 is 0 Å². The van der Waals surface area contributed by atoms with Crippen molar-refractivity contribution in [3.63, 3.8) is 0 Å². The number of cyclic esters (lactones) is 1. The van der Waals surface area contributed by atoms with E-state index in [2.05, 4.69) is 22.4 Å². The van der Waals surface area contributed by atoms with Gasteiger partial charge in [-0.15, -0.1) is 0 Å². The number of carbonyl (C=O) groups excluding carboxylic acids is 2. The lowest BCUT2D eigenvalue weighted by atomic mass is 10.2. The summed E-state index contributed by atoms with van der Waals surface area (Å²) in [6, 6.07) is 7.16. The quantitative estimate of drug-likeness (QED) is 0.779. The summed E-state index contributed by atoms with van der Waals surface area (Å²) in [5.74, 6) is 1.18. The van der Waals surface area contributed by atoms with Crippen molar-refractivity contribution in [1.82, 2.24) is 10.1 Å². The van der Waals surface area contributed by atoms with Crippen molar-refractivity contribution in [3.8, 4) is 0 Å². The van der Waals surface area contributed by atoms with Crippen LogP contribution in [0.5, 0.6) is 0 Å². The molecule has 0 saturated carbocycles. The molecular formula is C18H22N4O4. The third-order valence-electron chi connectivity index (χ3n) is 3.98. The van der Waals surface area contributed by atoms with Crippen LogP contribution in [0.15, 0.2) is 28.8 Å². The van der Waals surface area contributed by atoms with Gasteiger partial charge in [-0.2, -0.15) is 4.98 Å². The summed E-state index contributed by atoms with van der Waals surface area (Å²) < 4.78 is 10.1. The molecule has 0 radical (unpaired) electrons. The highest BCUT2D eigenvalue weighted by Crippen LogP contribution is 2.22. The van der Waals surface area contributed by atoms with Gasteiger partial charge in [0, 0.05) is 30.6 Å². The topological polar surface area (TPSA) is 97.6 Å². The number of aromatic nitrogens is 2. The Morgan fingerprint density at radius 2 is 2.23 bits per heavy atom. The number of nitrogens with zero attached hydrogens (tertiary/aromatic N) is 3. The number of benzene rings is 1. The molecule has 2 aromatic rings. The first-order valence-electron chi connectivity index (χ1n) is 8.81. The molecular weight excluding hydrogens is 336 g/mol. The van der Waals surface area contributed by atoms with Gasteiger partial charge in [0.2, 0.25) is 11.8 Å². The number of amides is 2. The van der Waals surface area contributed by atoms with Crippen LogP contribution in [0.1, 0.15) is 37.9 Å². The minimum absolute atomic E-state index is 0.0977. The maximum atomic E-state index is 12.1. The molecule has 1 fully saturated rings. The predicted molar refractivity (Wildman–Crippen MR) is 95.0 cm³/mol. The molecule has 0 bridgehead atoms. The third kappa shape index (κ3) is 4.59. The predicted octanol–water partition coefficient (Wildman–Crippen LogP) is 2.94. The molecule has 2 amide bonds. The number of hydrogen-bond acceptors (Lipinski definition) is 6. The van der Waals surface area contributed by atoms with Gasteiger partial charge in [0.1, 0.15) is 6.61 Å². The van der Waals surface area contributed by atoms with Crippen LogP contribution in [-0.4, -0.2) is 35.3 Å². The molecule has 3 rings (SSSR count). The van der Waals surface area contributed by atoms with Crippen LogP contribution in [0.3, 0.4) is 0 Å². The molecule has 1 aromatic carbocycles. The lowest BCUT2D eigenvalue weighted by molar-refractivity contribution is -0.116. The van der Waals surface area contributed by atoms with Gasteiger partial charge in [-0.05, 0) is 31.0 Å². The molecule has 0 aliphatic carbocycles. The average molecular weight is 358 g/mol. The SMILES string of the molecule is CCCc1noc(CCCC(=O)Nc2cccc(N3CCOC3=O)c2)n1. The van der Waals surface area contributed by atoms with Gasteiger partial charge >= 0.3 is 6.09 Å². The first-order chi connectivity index (χ1) is 12.7. The molecule has 1 aliphatic heterocycles. The molecule has 1 aromatic heterocycles. The Balaban J connectivity index is 1.47. The maximum absolute atomic E-state index is 12.1. The van der Waals surface area contributed by atoms with E-state index in [9.17, 15) is 9.59 Å². The molecule has 8 heteroatoms. The van der Waals surface area contributed by atoms with E-state index in [1.165, 1.54) is 0 Å². The zero-order valence-corrected chi connectivity index (χ0v) is 14.7. The van der Waals surface area contributed by atoms with Gasteiger partial charge in [-0.25, -0.2) is 4.79 Å². The Morgan fingerprint density at radius 1 is 1.35 bits per heavy atom. The number of carbonyl (C=O) groups is 2. The lowest BCUT2D eigenvalue weighted by Gasteiger charge is -2.14. The molecule has 1 N–H and O–H groups in total. The second-order valence-electron chi connectivity index (χ2n) is 6.07. The molecule has 8 nitrogen and oxygen atoms in total. The van der Waals surface area contributed by atoms with Crippen molar-refractivity contribution in [2.45, 2.75) is 39.0 Å². The third-order valence-corrected chi connectivity index (χ3v) is 3.98. The van der Waals surface area contributed by atoms with Crippen molar-refractivity contribution in [3.05, 3.63) is 36.0 Å². The number of hydrogen-bond donors (Lipinski definition) is 1. The van der Waals surface area contributed by atoms with Crippen LogP contribution < -0.4 is 10.2 Å². The summed E-state index contributed by atoms with van der Waals surface area (Å²) in [6.45, 7) is 2.95. The molecule has 0 spiro atoms. The minimum atomic E-state index is -0.365. The normalized spacial score (nSPS) is 13.7. The second-order valence-corrected chi connectivity index (χ2v) is 6.07. The Bertz CT molecular complexity index is 774. The van der Waals surface area contributed by atoms with Crippen LogP contribution in [-0.2, 0) is 22.4 Å². The van der Waals surface area contributed by atoms with Crippen molar-refractivity contribution in [2.75, 3.05) is 23.4 Å². The van der Waals surface area contributed by atoms with E-state index in [0.717, 1.165) is 12.8 Å². The summed E-state index contributed by atoms with van der Waals surface area (Å²) in [4.78, 5) is 29.6. The summed E-state index contributed by atoms with van der Waals surface area (Å²) in [7, 11) is 0. The molecule has 2 heterocycles. The number of nitrogens with one attached hydrogen (secondary N) is 1.